The molecule has 0 radical (unpaired) electrons. The summed E-state index contributed by atoms with van der Waals surface area (Å²) in [4.78, 5) is 24.9. The number of fused-ring (bicyclic) bond motifs is 1. The van der Waals surface area contributed by atoms with E-state index in [2.05, 4.69) is 0 Å². The number of ether oxygens (including phenoxy) is 1. The molecule has 8 heteroatoms. The number of amides is 2. The maximum Gasteiger partial charge on any atom is 0.405 e. The second-order valence-corrected chi connectivity index (χ2v) is 5.78. The van der Waals surface area contributed by atoms with Crippen molar-refractivity contribution in [2.45, 2.75) is 38.1 Å². The monoisotopic (exact) mass is 344 g/mol. The van der Waals surface area contributed by atoms with Crippen molar-refractivity contribution < 1.29 is 27.5 Å². The predicted molar refractivity (Wildman–Crippen MR) is 80.5 cm³/mol. The SMILES string of the molecule is C[C@H]([C@@H]1Cc2ccccc2O1)N(C)C(=O)CC(=O)NCC(F)(F)F. The quantitative estimate of drug-likeness (QED) is 0.830. The third-order valence-corrected chi connectivity index (χ3v) is 4.01. The Labute approximate surface area is 137 Å². The lowest BCUT2D eigenvalue weighted by Crippen LogP contribution is -2.46. The molecule has 132 valence electrons. The molecule has 0 unspecified atom stereocenters. The van der Waals surface area contributed by atoms with Crippen molar-refractivity contribution in [2.24, 2.45) is 0 Å². The molecule has 0 aromatic heterocycles. The molecular formula is C16H19F3N2O3. The largest absolute Gasteiger partial charge is 0.488 e. The van der Waals surface area contributed by atoms with E-state index in [1.807, 2.05) is 24.3 Å². The van der Waals surface area contributed by atoms with Crippen molar-refractivity contribution in [1.82, 2.24) is 10.2 Å². The highest BCUT2D eigenvalue weighted by Crippen LogP contribution is 2.30. The lowest BCUT2D eigenvalue weighted by Gasteiger charge is -2.29. The van der Waals surface area contributed by atoms with Crippen LogP contribution in [0.2, 0.25) is 0 Å². The summed E-state index contributed by atoms with van der Waals surface area (Å²) in [6.07, 6.45) is -4.75. The van der Waals surface area contributed by atoms with E-state index >= 15 is 0 Å². The summed E-state index contributed by atoms with van der Waals surface area (Å²) < 4.78 is 41.9. The first kappa shape index (κ1) is 18.1. The van der Waals surface area contributed by atoms with Gasteiger partial charge in [-0.3, -0.25) is 9.59 Å². The molecule has 1 aliphatic heterocycles. The van der Waals surface area contributed by atoms with Crippen LogP contribution in [0.4, 0.5) is 13.2 Å². The van der Waals surface area contributed by atoms with E-state index in [1.165, 1.54) is 11.9 Å². The number of carbonyl (C=O) groups is 2. The lowest BCUT2D eigenvalue weighted by molar-refractivity contribution is -0.144. The highest BCUT2D eigenvalue weighted by molar-refractivity contribution is 5.96. The molecule has 1 aromatic carbocycles. The van der Waals surface area contributed by atoms with E-state index in [4.69, 9.17) is 4.74 Å². The van der Waals surface area contributed by atoms with Crippen LogP contribution in [0.3, 0.4) is 0 Å². The third-order valence-electron chi connectivity index (χ3n) is 4.01. The highest BCUT2D eigenvalue weighted by Gasteiger charge is 2.33. The second-order valence-electron chi connectivity index (χ2n) is 5.78. The Bertz CT molecular complexity index is 594. The average Bonchev–Trinajstić information content (AvgIpc) is 2.94. The van der Waals surface area contributed by atoms with Gasteiger partial charge in [-0.1, -0.05) is 18.2 Å². The molecule has 0 aliphatic carbocycles. The molecular weight excluding hydrogens is 325 g/mol. The summed E-state index contributed by atoms with van der Waals surface area (Å²) in [6.45, 7) is 0.335. The Balaban J connectivity index is 1.86. The molecule has 0 spiro atoms. The first-order valence-corrected chi connectivity index (χ1v) is 7.51. The van der Waals surface area contributed by atoms with Crippen LogP contribution >= 0.6 is 0 Å². The standard InChI is InChI=1S/C16H19F3N2O3/c1-10(13-7-11-5-3-4-6-12(11)24-13)21(2)15(23)8-14(22)20-9-16(17,18)19/h3-6,10,13H,7-9H2,1-2H3,(H,20,22)/t10-,13+/m1/s1. The lowest BCUT2D eigenvalue weighted by atomic mass is 10.0. The Morgan fingerprint density at radius 1 is 1.38 bits per heavy atom. The van der Waals surface area contributed by atoms with Crippen molar-refractivity contribution in [3.8, 4) is 5.75 Å². The molecule has 1 aliphatic rings. The van der Waals surface area contributed by atoms with E-state index in [1.54, 1.807) is 12.2 Å². The summed E-state index contributed by atoms with van der Waals surface area (Å²) in [5.41, 5.74) is 1.04. The summed E-state index contributed by atoms with van der Waals surface area (Å²) in [5, 5.41) is 1.69. The molecule has 2 rings (SSSR count). The first-order valence-electron chi connectivity index (χ1n) is 7.51. The fourth-order valence-electron chi connectivity index (χ4n) is 2.48. The molecule has 0 fully saturated rings. The van der Waals surface area contributed by atoms with Crippen LogP contribution in [0.15, 0.2) is 24.3 Å². The van der Waals surface area contributed by atoms with Gasteiger partial charge in [-0.25, -0.2) is 0 Å². The number of para-hydroxylation sites is 1. The zero-order chi connectivity index (χ0) is 17.9. The van der Waals surface area contributed by atoms with Crippen LogP contribution in [-0.4, -0.2) is 48.6 Å². The number of benzene rings is 1. The Morgan fingerprint density at radius 2 is 2.04 bits per heavy atom. The van der Waals surface area contributed by atoms with Gasteiger partial charge in [-0.2, -0.15) is 13.2 Å². The van der Waals surface area contributed by atoms with E-state index < -0.39 is 31.0 Å². The predicted octanol–water partition coefficient (Wildman–Crippen LogP) is 1.91. The maximum absolute atomic E-state index is 12.1. The number of halogens is 3. The van der Waals surface area contributed by atoms with Gasteiger partial charge in [0.1, 0.15) is 24.8 Å². The third kappa shape index (κ3) is 4.62. The van der Waals surface area contributed by atoms with Crippen molar-refractivity contribution >= 4 is 11.8 Å². The zero-order valence-corrected chi connectivity index (χ0v) is 13.4. The van der Waals surface area contributed by atoms with Gasteiger partial charge in [0, 0.05) is 13.5 Å². The molecule has 5 nitrogen and oxygen atoms in total. The zero-order valence-electron chi connectivity index (χ0n) is 13.4. The summed E-state index contributed by atoms with van der Waals surface area (Å²) in [6, 6.07) is 7.21. The molecule has 24 heavy (non-hydrogen) atoms. The van der Waals surface area contributed by atoms with Crippen LogP contribution in [0.25, 0.3) is 0 Å². The highest BCUT2D eigenvalue weighted by atomic mass is 19.4. The minimum absolute atomic E-state index is 0.255. The first-order chi connectivity index (χ1) is 11.2. The van der Waals surface area contributed by atoms with E-state index in [0.29, 0.717) is 6.42 Å². The fraction of sp³-hybridized carbons (Fsp3) is 0.500. The van der Waals surface area contributed by atoms with E-state index in [9.17, 15) is 22.8 Å². The van der Waals surface area contributed by atoms with Crippen LogP contribution < -0.4 is 10.1 Å². The number of nitrogens with one attached hydrogen (secondary N) is 1. The number of rotatable bonds is 5. The van der Waals surface area contributed by atoms with Crippen LogP contribution in [-0.2, 0) is 16.0 Å². The number of nitrogens with zero attached hydrogens (tertiary/aromatic N) is 1. The van der Waals surface area contributed by atoms with Gasteiger partial charge in [-0.05, 0) is 18.6 Å². The minimum atomic E-state index is -4.50. The molecule has 1 aromatic rings. The number of carbonyl (C=O) groups excluding carboxylic acids is 2. The van der Waals surface area contributed by atoms with E-state index in [0.717, 1.165) is 11.3 Å². The molecule has 1 heterocycles. The smallest absolute Gasteiger partial charge is 0.405 e. The fourth-order valence-corrected chi connectivity index (χ4v) is 2.48. The second kappa shape index (κ2) is 7.11. The van der Waals surface area contributed by atoms with Crippen molar-refractivity contribution in [3.05, 3.63) is 29.8 Å². The van der Waals surface area contributed by atoms with Crippen LogP contribution in [0.5, 0.6) is 5.75 Å². The molecule has 0 saturated carbocycles. The number of alkyl halides is 3. The van der Waals surface area contributed by atoms with E-state index in [-0.39, 0.29) is 12.1 Å². The van der Waals surface area contributed by atoms with Gasteiger partial charge in [0.2, 0.25) is 11.8 Å². The number of likely N-dealkylation sites (N-methyl/N-ethyl adjacent to an activating group) is 1. The number of hydrogen-bond acceptors (Lipinski definition) is 3. The molecule has 2 amide bonds. The van der Waals surface area contributed by atoms with Gasteiger partial charge >= 0.3 is 6.18 Å². The van der Waals surface area contributed by atoms with Gasteiger partial charge in [-0.15, -0.1) is 0 Å². The molecule has 1 N–H and O–H groups in total. The number of hydrogen-bond donors (Lipinski definition) is 1. The Hall–Kier alpha value is -2.25. The summed E-state index contributed by atoms with van der Waals surface area (Å²) in [7, 11) is 1.51. The molecule has 0 saturated heterocycles. The maximum atomic E-state index is 12.1. The summed E-state index contributed by atoms with van der Waals surface area (Å²) in [5.74, 6) is -0.744. The Kier molecular flexibility index (Phi) is 5.36. The van der Waals surface area contributed by atoms with Crippen molar-refractivity contribution in [3.63, 3.8) is 0 Å². The minimum Gasteiger partial charge on any atom is -0.488 e. The normalized spacial score (nSPS) is 17.6. The van der Waals surface area contributed by atoms with Gasteiger partial charge in [0.15, 0.2) is 0 Å². The van der Waals surface area contributed by atoms with Crippen molar-refractivity contribution in [2.75, 3.05) is 13.6 Å². The topological polar surface area (TPSA) is 58.6 Å². The average molecular weight is 344 g/mol. The molecule has 0 bridgehead atoms. The van der Waals surface area contributed by atoms with Crippen LogP contribution in [0.1, 0.15) is 18.9 Å². The molecule has 2 atom stereocenters. The van der Waals surface area contributed by atoms with Gasteiger partial charge in [0.05, 0.1) is 6.04 Å². The van der Waals surface area contributed by atoms with Gasteiger partial charge < -0.3 is 15.0 Å². The van der Waals surface area contributed by atoms with Gasteiger partial charge in [0.25, 0.3) is 0 Å². The van der Waals surface area contributed by atoms with Crippen molar-refractivity contribution in [1.29, 1.82) is 0 Å². The van der Waals surface area contributed by atoms with Crippen LogP contribution in [0, 0.1) is 0 Å². The Morgan fingerprint density at radius 3 is 2.67 bits per heavy atom. The summed E-state index contributed by atoms with van der Waals surface area (Å²) >= 11 is 0.